The monoisotopic (exact) mass is 454 g/mol. The Morgan fingerprint density at radius 3 is 2.72 bits per heavy atom. The number of hydrogen-bond donors (Lipinski definition) is 0. The van der Waals surface area contributed by atoms with Crippen LogP contribution in [0.2, 0.25) is 5.02 Å². The molecule has 7 nitrogen and oxygen atoms in total. The van der Waals surface area contributed by atoms with Gasteiger partial charge in [-0.25, -0.2) is 9.97 Å². The minimum Gasteiger partial charge on any atom is -0.481 e. The summed E-state index contributed by atoms with van der Waals surface area (Å²) in [7, 11) is 1.62. The average Bonchev–Trinajstić information content (AvgIpc) is 3.58. The number of benzene rings is 1. The third-order valence-electron chi connectivity index (χ3n) is 6.28. The molecule has 2 aliphatic rings. The quantitative estimate of drug-likeness (QED) is 0.468. The molecule has 1 aliphatic carbocycles. The number of rotatable bonds is 6. The highest BCUT2D eigenvalue weighted by Crippen LogP contribution is 2.41. The Kier molecular flexibility index (Phi) is 5.45. The van der Waals surface area contributed by atoms with Gasteiger partial charge in [0.2, 0.25) is 11.8 Å². The smallest absolute Gasteiger partial charge is 0.309 e. The highest BCUT2D eigenvalue weighted by molar-refractivity contribution is 6.35. The molecule has 0 radical (unpaired) electrons. The molecule has 1 saturated carbocycles. The van der Waals surface area contributed by atoms with E-state index in [1.54, 1.807) is 7.11 Å². The zero-order chi connectivity index (χ0) is 22.4. The molecule has 1 fully saturated rings. The number of aryl methyl sites for hydroxylation is 2. The summed E-state index contributed by atoms with van der Waals surface area (Å²) in [5.74, 6) is 1.39. The summed E-state index contributed by atoms with van der Waals surface area (Å²) in [6, 6.07) is 7.72. The molecule has 1 aromatic carbocycles. The molecule has 0 saturated heterocycles. The fourth-order valence-electron chi connectivity index (χ4n) is 4.47. The number of pyridine rings is 1. The van der Waals surface area contributed by atoms with Gasteiger partial charge in [-0.1, -0.05) is 24.6 Å². The first kappa shape index (κ1) is 21.1. The van der Waals surface area contributed by atoms with Crippen LogP contribution in [0.3, 0.4) is 0 Å². The van der Waals surface area contributed by atoms with Crippen LogP contribution in [0.5, 0.6) is 5.88 Å². The maximum absolute atomic E-state index is 12.4. The van der Waals surface area contributed by atoms with E-state index >= 15 is 0 Å². The van der Waals surface area contributed by atoms with Crippen LogP contribution in [0.4, 0.5) is 11.6 Å². The maximum atomic E-state index is 12.4. The first-order valence-corrected chi connectivity index (χ1v) is 11.6. The largest absolute Gasteiger partial charge is 0.481 e. The van der Waals surface area contributed by atoms with Crippen LogP contribution in [0.15, 0.2) is 24.3 Å². The molecule has 1 unspecified atom stereocenters. The van der Waals surface area contributed by atoms with Crippen molar-refractivity contribution in [3.8, 4) is 5.88 Å². The first-order valence-electron chi connectivity index (χ1n) is 11.2. The van der Waals surface area contributed by atoms with Gasteiger partial charge in [0.05, 0.1) is 34.9 Å². The first-order chi connectivity index (χ1) is 15.5. The number of imidazole rings is 1. The van der Waals surface area contributed by atoms with E-state index in [1.807, 2.05) is 38.1 Å². The van der Waals surface area contributed by atoms with Gasteiger partial charge in [-0.3, -0.25) is 4.79 Å². The fraction of sp³-hybridized carbons (Fsp3) is 0.458. The standard InChI is InChI=1S/C24H27ClN4O3/c1-4-19(32-23(30)15-6-7-15)16-8-9-17(25)21-22(16)29-13-5-12-28(24(29)27-21)18-10-11-20(31-3)26-14(18)2/h8-11,15,19H,4-7,12-13H2,1-3H3. The summed E-state index contributed by atoms with van der Waals surface area (Å²) >= 11 is 6.60. The van der Waals surface area contributed by atoms with Crippen LogP contribution in [0.1, 0.15) is 50.0 Å². The lowest BCUT2D eigenvalue weighted by Gasteiger charge is -2.30. The molecular formula is C24H27ClN4O3. The van der Waals surface area contributed by atoms with Gasteiger partial charge >= 0.3 is 5.97 Å². The maximum Gasteiger partial charge on any atom is 0.309 e. The van der Waals surface area contributed by atoms with Crippen LogP contribution >= 0.6 is 11.6 Å². The third kappa shape index (κ3) is 3.58. The normalized spacial score (nSPS) is 16.7. The average molecular weight is 455 g/mol. The van der Waals surface area contributed by atoms with E-state index in [-0.39, 0.29) is 18.0 Å². The van der Waals surface area contributed by atoms with Crippen molar-refractivity contribution in [3.05, 3.63) is 40.5 Å². The van der Waals surface area contributed by atoms with Crippen molar-refractivity contribution in [1.29, 1.82) is 0 Å². The minimum atomic E-state index is -0.316. The van der Waals surface area contributed by atoms with Crippen LogP contribution in [-0.4, -0.2) is 34.2 Å². The zero-order valence-corrected chi connectivity index (χ0v) is 19.4. The van der Waals surface area contributed by atoms with Crippen LogP contribution in [0, 0.1) is 12.8 Å². The number of methoxy groups -OCH3 is 1. The molecule has 3 heterocycles. The second-order valence-electron chi connectivity index (χ2n) is 8.47. The van der Waals surface area contributed by atoms with Gasteiger partial charge in [-0.15, -0.1) is 0 Å². The van der Waals surface area contributed by atoms with E-state index in [2.05, 4.69) is 14.5 Å². The number of fused-ring (bicyclic) bond motifs is 3. The van der Waals surface area contributed by atoms with Gasteiger partial charge in [-0.2, -0.15) is 0 Å². The summed E-state index contributed by atoms with van der Waals surface area (Å²) in [5.41, 5.74) is 4.52. The van der Waals surface area contributed by atoms with E-state index in [0.29, 0.717) is 17.3 Å². The molecular weight excluding hydrogens is 428 g/mol. The lowest BCUT2D eigenvalue weighted by atomic mass is 10.0. The van der Waals surface area contributed by atoms with Gasteiger partial charge in [-0.05, 0) is 44.7 Å². The predicted octanol–water partition coefficient (Wildman–Crippen LogP) is 5.35. The van der Waals surface area contributed by atoms with Crippen LogP contribution in [-0.2, 0) is 16.1 Å². The molecule has 1 aliphatic heterocycles. The van der Waals surface area contributed by atoms with Crippen molar-refractivity contribution in [2.24, 2.45) is 5.92 Å². The van der Waals surface area contributed by atoms with Gasteiger partial charge in [0.1, 0.15) is 11.6 Å². The number of carbonyl (C=O) groups excluding carboxylic acids is 1. The summed E-state index contributed by atoms with van der Waals surface area (Å²) in [5, 5.41) is 0.596. The lowest BCUT2D eigenvalue weighted by Crippen LogP contribution is -2.29. The zero-order valence-electron chi connectivity index (χ0n) is 18.6. The van der Waals surface area contributed by atoms with Crippen molar-refractivity contribution in [1.82, 2.24) is 14.5 Å². The van der Waals surface area contributed by atoms with Crippen molar-refractivity contribution < 1.29 is 14.3 Å². The summed E-state index contributed by atoms with van der Waals surface area (Å²) in [6.07, 6.45) is 3.19. The second-order valence-corrected chi connectivity index (χ2v) is 8.88. The van der Waals surface area contributed by atoms with Gasteiger partial charge in [0, 0.05) is 24.7 Å². The number of ether oxygens (including phenoxy) is 2. The van der Waals surface area contributed by atoms with Crippen molar-refractivity contribution in [2.75, 3.05) is 18.6 Å². The Labute approximate surface area is 192 Å². The summed E-state index contributed by atoms with van der Waals surface area (Å²) in [6.45, 7) is 5.67. The van der Waals surface area contributed by atoms with E-state index in [9.17, 15) is 4.79 Å². The van der Waals surface area contributed by atoms with Gasteiger partial charge in [0.25, 0.3) is 0 Å². The molecule has 5 rings (SSSR count). The lowest BCUT2D eigenvalue weighted by molar-refractivity contribution is -0.151. The van der Waals surface area contributed by atoms with E-state index < -0.39 is 0 Å². The highest BCUT2D eigenvalue weighted by atomic mass is 35.5. The van der Waals surface area contributed by atoms with Crippen LogP contribution < -0.4 is 9.64 Å². The Morgan fingerprint density at radius 2 is 2.03 bits per heavy atom. The molecule has 3 aromatic rings. The molecule has 0 N–H and O–H groups in total. The minimum absolute atomic E-state index is 0.0623. The fourth-order valence-corrected chi connectivity index (χ4v) is 4.66. The Hall–Kier alpha value is -2.80. The van der Waals surface area contributed by atoms with Crippen molar-refractivity contribution >= 4 is 40.2 Å². The molecule has 0 spiro atoms. The van der Waals surface area contributed by atoms with E-state index in [4.69, 9.17) is 26.1 Å². The topological polar surface area (TPSA) is 69.5 Å². The molecule has 2 aromatic heterocycles. The van der Waals surface area contributed by atoms with E-state index in [1.165, 1.54) is 0 Å². The Bertz CT molecular complexity index is 1190. The summed E-state index contributed by atoms with van der Waals surface area (Å²) in [4.78, 5) is 24.1. The number of nitrogens with zero attached hydrogens (tertiary/aromatic N) is 4. The highest BCUT2D eigenvalue weighted by Gasteiger charge is 2.34. The van der Waals surface area contributed by atoms with E-state index in [0.717, 1.165) is 66.3 Å². The number of halogens is 1. The van der Waals surface area contributed by atoms with Gasteiger partial charge < -0.3 is 18.9 Å². The SMILES string of the molecule is CCC(OC(=O)C1CC1)c1ccc(Cl)c2nc3n(c12)CCCN3c1ccc(OC)nc1C. The van der Waals surface area contributed by atoms with Crippen molar-refractivity contribution in [3.63, 3.8) is 0 Å². The molecule has 168 valence electrons. The molecule has 32 heavy (non-hydrogen) atoms. The van der Waals surface area contributed by atoms with Gasteiger partial charge in [0.15, 0.2) is 0 Å². The van der Waals surface area contributed by atoms with Crippen molar-refractivity contribution in [2.45, 2.75) is 52.2 Å². The Morgan fingerprint density at radius 1 is 1.22 bits per heavy atom. The number of aromatic nitrogens is 3. The molecule has 0 bridgehead atoms. The molecule has 1 atom stereocenters. The summed E-state index contributed by atoms with van der Waals surface area (Å²) < 4.78 is 13.4. The number of carbonyl (C=O) groups is 1. The number of esters is 1. The molecule has 0 amide bonds. The number of hydrogen-bond acceptors (Lipinski definition) is 6. The Balaban J connectivity index is 1.61. The second kappa shape index (κ2) is 8.28. The number of anilines is 2. The predicted molar refractivity (Wildman–Crippen MR) is 124 cm³/mol. The third-order valence-corrected chi connectivity index (χ3v) is 6.59. The molecule has 8 heteroatoms. The van der Waals surface area contributed by atoms with Crippen LogP contribution in [0.25, 0.3) is 11.0 Å².